The van der Waals surface area contributed by atoms with Crippen molar-refractivity contribution in [3.8, 4) is 0 Å². The fraction of sp³-hybridized carbons (Fsp3) is 0.385. The topological polar surface area (TPSA) is 235 Å². The highest BCUT2D eigenvalue weighted by atomic mass is 31.3. The lowest BCUT2D eigenvalue weighted by atomic mass is 10.2. The molecule has 0 bridgehead atoms. The molecule has 0 aliphatic carbocycles. The number of aromatic nitrogens is 3. The summed E-state index contributed by atoms with van der Waals surface area (Å²) in [4.78, 5) is 26.1. The molecule has 2 aromatic heterocycles. The van der Waals surface area contributed by atoms with Gasteiger partial charge in [0.1, 0.15) is 36.7 Å². The third kappa shape index (κ3) is 5.64. The number of aliphatic hydroxyl groups excluding tert-OH is 1. The van der Waals surface area contributed by atoms with Crippen LogP contribution in [0.1, 0.15) is 18.2 Å². The van der Waals surface area contributed by atoms with Crippen LogP contribution in [0.5, 0.6) is 0 Å². The minimum Gasteiger partial charge on any atom is -0.390 e. The van der Waals surface area contributed by atoms with E-state index in [0.717, 1.165) is 0 Å². The number of nitrogens with zero attached hydrogens (tertiary/aromatic N) is 3. The van der Waals surface area contributed by atoms with Crippen LogP contribution in [0.15, 0.2) is 19.1 Å². The molecule has 0 radical (unpaired) electrons. The minimum atomic E-state index is -5.41. The Balaban J connectivity index is 1.64. The lowest BCUT2D eigenvalue weighted by Gasteiger charge is -2.14. The Labute approximate surface area is 180 Å². The number of phosphoric acid groups is 2. The van der Waals surface area contributed by atoms with Gasteiger partial charge < -0.3 is 25.0 Å². The second-order valence-corrected chi connectivity index (χ2v) is 10.3. The van der Waals surface area contributed by atoms with Crippen LogP contribution in [0.4, 0.5) is 5.82 Å². The molecule has 3 rings (SSSR count). The predicted molar refractivity (Wildman–Crippen MR) is 106 cm³/mol. The fourth-order valence-corrected chi connectivity index (χ4v) is 5.63. The van der Waals surface area contributed by atoms with E-state index in [1.54, 1.807) is 16.8 Å². The Morgan fingerprint density at radius 3 is 2.75 bits per heavy atom. The van der Waals surface area contributed by atoms with E-state index >= 15 is 0 Å². The number of nitrogens with two attached hydrogens (primary N) is 1. The number of hydrogen-bond acceptors (Lipinski definition) is 13. The van der Waals surface area contributed by atoms with Gasteiger partial charge in [-0.2, -0.15) is 4.31 Å². The van der Waals surface area contributed by atoms with Crippen LogP contribution in [0.25, 0.3) is 17.1 Å². The third-order valence-electron chi connectivity index (χ3n) is 4.23. The summed E-state index contributed by atoms with van der Waals surface area (Å²) >= 11 is 0. The number of anilines is 1. The lowest BCUT2D eigenvalue weighted by Crippen LogP contribution is -2.25. The highest BCUT2D eigenvalue weighted by Crippen LogP contribution is 2.63. The zero-order valence-corrected chi connectivity index (χ0v) is 18.6. The smallest absolute Gasteiger partial charge is 0.390 e. The van der Waals surface area contributed by atoms with E-state index in [2.05, 4.69) is 29.8 Å². The molecule has 1 aliphatic heterocycles. The average Bonchev–Trinajstić information content (AvgIpc) is 3.26. The Morgan fingerprint density at radius 1 is 1.38 bits per heavy atom. The van der Waals surface area contributed by atoms with Gasteiger partial charge in [0, 0.05) is 22.7 Å². The van der Waals surface area contributed by atoms with E-state index in [9.17, 15) is 23.7 Å². The van der Waals surface area contributed by atoms with Gasteiger partial charge in [-0.3, -0.25) is 4.89 Å². The standard InChI is InChI=1S/C13H17N4O12P3/c1-2-7-4-17(13-11(7)12(14)15-6-16-13)10-3-8(18)9(26-10)5-25-30(20)28-32(23,24)29-31(21,22)27-19/h2,4,6,8-10,18H,1,3,5H2,(H4-,14,15,16,19,21,22,23,24)/p+1/t8-,9+,10+/m0/s1. The zero-order chi connectivity index (χ0) is 23.7. The van der Waals surface area contributed by atoms with Crippen molar-refractivity contribution >= 4 is 46.8 Å². The Morgan fingerprint density at radius 2 is 2.09 bits per heavy atom. The maximum Gasteiger partial charge on any atom is 0.708 e. The largest absolute Gasteiger partial charge is 0.708 e. The SMILES string of the molecule is C=Cc1cn([C@H]2C[C@H](O)[C@@H](CO[P+](=O)OP(=O)(O)OP(=O)(O)OO)O2)c2ncnc(N)c12. The van der Waals surface area contributed by atoms with E-state index in [0.29, 0.717) is 16.6 Å². The van der Waals surface area contributed by atoms with E-state index in [-0.39, 0.29) is 12.2 Å². The highest BCUT2D eigenvalue weighted by Gasteiger charge is 2.46. The first kappa shape index (κ1) is 25.0. The predicted octanol–water partition coefficient (Wildman–Crippen LogP) is 1.70. The molecule has 16 nitrogen and oxygen atoms in total. The number of fused-ring (bicyclic) bond motifs is 1. The van der Waals surface area contributed by atoms with Gasteiger partial charge >= 0.3 is 23.9 Å². The molecule has 6 atom stereocenters. The van der Waals surface area contributed by atoms with Crippen molar-refractivity contribution in [2.24, 2.45) is 0 Å². The molecule has 1 saturated heterocycles. The zero-order valence-electron chi connectivity index (χ0n) is 15.9. The molecule has 3 heterocycles. The monoisotopic (exact) mass is 515 g/mol. The Bertz CT molecular complexity index is 1130. The number of nitrogen functional groups attached to an aromatic ring is 1. The van der Waals surface area contributed by atoms with Crippen molar-refractivity contribution in [1.82, 2.24) is 14.5 Å². The van der Waals surface area contributed by atoms with Crippen LogP contribution < -0.4 is 5.73 Å². The number of hydrogen-bond donors (Lipinski definition) is 5. The first-order valence-electron chi connectivity index (χ1n) is 8.53. The summed E-state index contributed by atoms with van der Waals surface area (Å²) in [5, 5.41) is 18.9. The minimum absolute atomic E-state index is 0.0824. The molecular weight excluding hydrogens is 497 g/mol. The Kier molecular flexibility index (Phi) is 7.57. The fourth-order valence-electron chi connectivity index (χ4n) is 2.95. The molecule has 0 aromatic carbocycles. The average molecular weight is 515 g/mol. The molecule has 2 aromatic rings. The quantitative estimate of drug-likeness (QED) is 0.172. The summed E-state index contributed by atoms with van der Waals surface area (Å²) in [5.74, 6) is 0.228. The number of rotatable bonds is 10. The molecule has 0 saturated carbocycles. The van der Waals surface area contributed by atoms with Crippen LogP contribution in [0.3, 0.4) is 0 Å². The van der Waals surface area contributed by atoms with Crippen molar-refractivity contribution in [1.29, 1.82) is 0 Å². The first-order chi connectivity index (χ1) is 15.0. The molecule has 0 amide bonds. The van der Waals surface area contributed by atoms with Crippen LogP contribution in [0.2, 0.25) is 0 Å². The number of ether oxygens (including phenoxy) is 1. The maximum absolute atomic E-state index is 11.7. The van der Waals surface area contributed by atoms with Gasteiger partial charge in [-0.25, -0.2) is 24.4 Å². The van der Waals surface area contributed by atoms with Crippen LogP contribution in [0, 0.1) is 0 Å². The van der Waals surface area contributed by atoms with Crippen LogP contribution in [-0.4, -0.2) is 53.5 Å². The number of aliphatic hydroxyl groups is 1. The maximum atomic E-state index is 11.7. The first-order valence-corrected chi connectivity index (χ1v) is 12.6. The van der Waals surface area contributed by atoms with E-state index in [1.807, 2.05) is 0 Å². The second-order valence-electron chi connectivity index (χ2n) is 6.29. The van der Waals surface area contributed by atoms with Crippen molar-refractivity contribution in [3.63, 3.8) is 0 Å². The van der Waals surface area contributed by atoms with Gasteiger partial charge in [-0.15, -0.1) is 9.20 Å². The Hall–Kier alpha value is -1.64. The molecule has 0 spiro atoms. The van der Waals surface area contributed by atoms with Crippen molar-refractivity contribution in [2.75, 3.05) is 12.3 Å². The van der Waals surface area contributed by atoms with E-state index < -0.39 is 48.9 Å². The summed E-state index contributed by atoms with van der Waals surface area (Å²) in [6, 6.07) is 0. The highest BCUT2D eigenvalue weighted by molar-refractivity contribution is 7.64. The van der Waals surface area contributed by atoms with Gasteiger partial charge in [0.15, 0.2) is 0 Å². The summed E-state index contributed by atoms with van der Waals surface area (Å²) in [7, 11) is -14.1. The van der Waals surface area contributed by atoms with Crippen molar-refractivity contribution < 1.29 is 56.4 Å². The second kappa shape index (κ2) is 9.69. The summed E-state index contributed by atoms with van der Waals surface area (Å²) < 4.78 is 56.9. The normalized spacial score (nSPS) is 25.4. The third-order valence-corrected chi connectivity index (χ3v) is 7.80. The van der Waals surface area contributed by atoms with Gasteiger partial charge in [-0.05, 0) is 4.31 Å². The van der Waals surface area contributed by atoms with Crippen LogP contribution in [-0.2, 0) is 36.3 Å². The molecule has 3 unspecified atom stereocenters. The van der Waals surface area contributed by atoms with E-state index in [1.165, 1.54) is 6.33 Å². The van der Waals surface area contributed by atoms with Crippen molar-refractivity contribution in [2.45, 2.75) is 24.9 Å². The lowest BCUT2D eigenvalue weighted by molar-refractivity contribution is -0.157. The molecule has 19 heteroatoms. The summed E-state index contributed by atoms with van der Waals surface area (Å²) in [6.45, 7) is 3.16. The molecule has 1 aliphatic rings. The molecule has 176 valence electrons. The summed E-state index contributed by atoms with van der Waals surface area (Å²) in [6.07, 6.45) is 1.70. The van der Waals surface area contributed by atoms with Gasteiger partial charge in [0.05, 0.1) is 11.5 Å². The van der Waals surface area contributed by atoms with Gasteiger partial charge in [0.25, 0.3) is 0 Å². The van der Waals surface area contributed by atoms with Crippen molar-refractivity contribution in [3.05, 3.63) is 24.7 Å². The molecular formula is C13H18N4O12P3+. The molecule has 1 fully saturated rings. The molecule has 32 heavy (non-hydrogen) atoms. The van der Waals surface area contributed by atoms with E-state index in [4.69, 9.17) is 25.1 Å². The van der Waals surface area contributed by atoms with Gasteiger partial charge in [0.2, 0.25) is 0 Å². The molecule has 6 N–H and O–H groups in total. The van der Waals surface area contributed by atoms with Crippen LogP contribution >= 0.6 is 23.9 Å². The summed E-state index contributed by atoms with van der Waals surface area (Å²) in [5.41, 5.74) is 6.97. The van der Waals surface area contributed by atoms with Gasteiger partial charge in [-0.1, -0.05) is 12.7 Å².